The quantitative estimate of drug-likeness (QED) is 0.825. The molecule has 0 saturated heterocycles. The molecule has 0 aromatic carbocycles. The molecule has 0 atom stereocenters. The van der Waals surface area contributed by atoms with Crippen molar-refractivity contribution in [2.24, 2.45) is 0 Å². The van der Waals surface area contributed by atoms with Crippen molar-refractivity contribution in [1.82, 2.24) is 10.2 Å². The van der Waals surface area contributed by atoms with Crippen LogP contribution >= 0.6 is 23.2 Å². The van der Waals surface area contributed by atoms with Crippen molar-refractivity contribution >= 4 is 34.8 Å². The van der Waals surface area contributed by atoms with E-state index >= 15 is 0 Å². The number of carbonyl (C=O) groups excluding carboxylic acids is 1. The summed E-state index contributed by atoms with van der Waals surface area (Å²) in [6, 6.07) is 1.38. The Hall–Kier alpha value is -0.910. The molecule has 2 rings (SSSR count). The first-order valence-electron chi connectivity index (χ1n) is 4.24. The van der Waals surface area contributed by atoms with Crippen LogP contribution in [0.25, 0.3) is 0 Å². The molecule has 80 valence electrons. The molecule has 1 aromatic heterocycles. The lowest BCUT2D eigenvalue weighted by Crippen LogP contribution is -2.29. The molecule has 1 amide bonds. The second-order valence-electron chi connectivity index (χ2n) is 3.36. The number of amides is 1. The minimum Gasteiger partial charge on any atom is -0.380 e. The minimum atomic E-state index is -1.25. The second-order valence-corrected chi connectivity index (χ2v) is 4.10. The van der Waals surface area contributed by atoms with Crippen LogP contribution < -0.4 is 5.32 Å². The van der Waals surface area contributed by atoms with Gasteiger partial charge in [0.1, 0.15) is 5.60 Å². The highest BCUT2D eigenvalue weighted by Gasteiger charge is 2.48. The number of aliphatic hydroxyl groups is 1. The summed E-state index contributed by atoms with van der Waals surface area (Å²) in [6.07, 6.45) is 0.922. The van der Waals surface area contributed by atoms with E-state index in [2.05, 4.69) is 15.5 Å². The van der Waals surface area contributed by atoms with Gasteiger partial charge in [0.05, 0.1) is 5.69 Å². The molecule has 1 aliphatic rings. The molecule has 1 saturated carbocycles. The predicted octanol–water partition coefficient (Wildman–Crippen LogP) is 1.25. The van der Waals surface area contributed by atoms with Gasteiger partial charge in [0, 0.05) is 6.07 Å². The summed E-state index contributed by atoms with van der Waals surface area (Å²) in [4.78, 5) is 11.4. The van der Waals surface area contributed by atoms with Crippen LogP contribution in [-0.4, -0.2) is 26.8 Å². The largest absolute Gasteiger partial charge is 0.380 e. The topological polar surface area (TPSA) is 75.1 Å². The monoisotopic (exact) mass is 247 g/mol. The fourth-order valence-corrected chi connectivity index (χ4v) is 1.31. The van der Waals surface area contributed by atoms with Gasteiger partial charge in [-0.15, -0.1) is 10.2 Å². The van der Waals surface area contributed by atoms with E-state index in [1.807, 2.05) is 0 Å². The molecule has 1 heterocycles. The van der Waals surface area contributed by atoms with Gasteiger partial charge in [-0.1, -0.05) is 23.2 Å². The number of hydrogen-bond donors (Lipinski definition) is 2. The Balaban J connectivity index is 2.16. The van der Waals surface area contributed by atoms with E-state index in [0.29, 0.717) is 12.8 Å². The van der Waals surface area contributed by atoms with Crippen LogP contribution in [0, 0.1) is 0 Å². The summed E-state index contributed by atoms with van der Waals surface area (Å²) in [6.45, 7) is 0. The highest BCUT2D eigenvalue weighted by molar-refractivity contribution is 6.34. The second kappa shape index (κ2) is 3.59. The SMILES string of the molecule is O=C(Nc1cc(Cl)nnc1Cl)C1(O)CC1. The Bertz CT molecular complexity index is 420. The van der Waals surface area contributed by atoms with Crippen molar-refractivity contribution < 1.29 is 9.90 Å². The summed E-state index contributed by atoms with van der Waals surface area (Å²) in [5.74, 6) is -0.492. The number of rotatable bonds is 2. The van der Waals surface area contributed by atoms with Gasteiger partial charge in [-0.2, -0.15) is 0 Å². The molecule has 0 spiro atoms. The fourth-order valence-electron chi connectivity index (χ4n) is 1.02. The number of hydrogen-bond acceptors (Lipinski definition) is 4. The number of anilines is 1. The predicted molar refractivity (Wildman–Crippen MR) is 54.9 cm³/mol. The van der Waals surface area contributed by atoms with Crippen molar-refractivity contribution in [2.75, 3.05) is 5.32 Å². The molecule has 5 nitrogen and oxygen atoms in total. The normalized spacial score (nSPS) is 17.3. The van der Waals surface area contributed by atoms with Gasteiger partial charge < -0.3 is 10.4 Å². The van der Waals surface area contributed by atoms with E-state index < -0.39 is 11.5 Å². The lowest BCUT2D eigenvalue weighted by molar-refractivity contribution is -0.125. The van der Waals surface area contributed by atoms with Crippen molar-refractivity contribution in [3.8, 4) is 0 Å². The molecular formula is C8H7Cl2N3O2. The molecule has 1 fully saturated rings. The zero-order chi connectivity index (χ0) is 11.1. The lowest BCUT2D eigenvalue weighted by Gasteiger charge is -2.09. The van der Waals surface area contributed by atoms with Crippen LogP contribution in [-0.2, 0) is 4.79 Å². The average Bonchev–Trinajstić information content (AvgIpc) is 2.91. The van der Waals surface area contributed by atoms with Crippen molar-refractivity contribution in [2.45, 2.75) is 18.4 Å². The molecule has 15 heavy (non-hydrogen) atoms. The van der Waals surface area contributed by atoms with Gasteiger partial charge in [-0.05, 0) is 12.8 Å². The third kappa shape index (κ3) is 2.19. The van der Waals surface area contributed by atoms with E-state index in [0.717, 1.165) is 0 Å². The van der Waals surface area contributed by atoms with E-state index in [4.69, 9.17) is 23.2 Å². The standard InChI is InChI=1S/C8H7Cl2N3O2/c9-5-3-4(6(10)13-12-5)11-7(14)8(15)1-2-8/h3,15H,1-2H2,(H,11,12,14). The zero-order valence-electron chi connectivity index (χ0n) is 7.50. The van der Waals surface area contributed by atoms with Crippen LogP contribution in [0.3, 0.4) is 0 Å². The average molecular weight is 248 g/mol. The number of nitrogens with one attached hydrogen (secondary N) is 1. The summed E-state index contributed by atoms with van der Waals surface area (Å²) < 4.78 is 0. The van der Waals surface area contributed by atoms with Gasteiger partial charge in [0.2, 0.25) is 0 Å². The van der Waals surface area contributed by atoms with E-state index in [-0.39, 0.29) is 16.0 Å². The molecule has 0 unspecified atom stereocenters. The van der Waals surface area contributed by atoms with Crippen LogP contribution in [0.4, 0.5) is 5.69 Å². The van der Waals surface area contributed by atoms with Crippen molar-refractivity contribution in [1.29, 1.82) is 0 Å². The van der Waals surface area contributed by atoms with Gasteiger partial charge in [0.15, 0.2) is 10.3 Å². The summed E-state index contributed by atoms with van der Waals surface area (Å²) in [5.41, 5.74) is -0.999. The van der Waals surface area contributed by atoms with E-state index in [1.54, 1.807) is 0 Å². The molecule has 0 aliphatic heterocycles. The Labute approximate surface area is 95.4 Å². The number of aromatic nitrogens is 2. The molecule has 0 radical (unpaired) electrons. The Morgan fingerprint density at radius 3 is 2.73 bits per heavy atom. The van der Waals surface area contributed by atoms with Crippen molar-refractivity contribution in [3.63, 3.8) is 0 Å². The highest BCUT2D eigenvalue weighted by Crippen LogP contribution is 2.36. The highest BCUT2D eigenvalue weighted by atomic mass is 35.5. The number of halogens is 2. The molecule has 2 N–H and O–H groups in total. The number of carbonyl (C=O) groups is 1. The first kappa shape index (κ1) is 10.6. The van der Waals surface area contributed by atoms with Crippen LogP contribution in [0.1, 0.15) is 12.8 Å². The molecular weight excluding hydrogens is 241 g/mol. The summed E-state index contributed by atoms with van der Waals surface area (Å²) in [5, 5.41) is 19.1. The van der Waals surface area contributed by atoms with Gasteiger partial charge >= 0.3 is 0 Å². The smallest absolute Gasteiger partial charge is 0.256 e. The van der Waals surface area contributed by atoms with Crippen LogP contribution in [0.2, 0.25) is 10.3 Å². The number of nitrogens with zero attached hydrogens (tertiary/aromatic N) is 2. The maximum atomic E-state index is 11.4. The third-order valence-electron chi connectivity index (χ3n) is 2.11. The van der Waals surface area contributed by atoms with Crippen LogP contribution in [0.15, 0.2) is 6.07 Å². The first-order chi connectivity index (χ1) is 7.01. The zero-order valence-corrected chi connectivity index (χ0v) is 9.01. The molecule has 7 heteroatoms. The minimum absolute atomic E-state index is 0.0389. The van der Waals surface area contributed by atoms with E-state index in [9.17, 15) is 9.90 Å². The Morgan fingerprint density at radius 1 is 1.47 bits per heavy atom. The van der Waals surface area contributed by atoms with Gasteiger partial charge in [-0.3, -0.25) is 4.79 Å². The molecule has 0 bridgehead atoms. The molecule has 1 aromatic rings. The first-order valence-corrected chi connectivity index (χ1v) is 4.99. The maximum Gasteiger partial charge on any atom is 0.256 e. The third-order valence-corrected chi connectivity index (χ3v) is 2.58. The van der Waals surface area contributed by atoms with Crippen molar-refractivity contribution in [3.05, 3.63) is 16.4 Å². The van der Waals surface area contributed by atoms with Crippen LogP contribution in [0.5, 0.6) is 0 Å². The maximum absolute atomic E-state index is 11.4. The van der Waals surface area contributed by atoms with Gasteiger partial charge in [0.25, 0.3) is 5.91 Å². The summed E-state index contributed by atoms with van der Waals surface area (Å²) in [7, 11) is 0. The summed E-state index contributed by atoms with van der Waals surface area (Å²) >= 11 is 11.3. The Morgan fingerprint density at radius 2 is 2.13 bits per heavy atom. The Kier molecular flexibility index (Phi) is 2.54. The van der Waals surface area contributed by atoms with E-state index in [1.165, 1.54) is 6.07 Å². The molecule has 1 aliphatic carbocycles. The van der Waals surface area contributed by atoms with Gasteiger partial charge in [-0.25, -0.2) is 0 Å². The lowest BCUT2D eigenvalue weighted by atomic mass is 10.3. The fraction of sp³-hybridized carbons (Fsp3) is 0.375.